The van der Waals surface area contributed by atoms with E-state index in [0.29, 0.717) is 6.42 Å². The Kier molecular flexibility index (Phi) is 9.83. The first kappa shape index (κ1) is 26.1. The second kappa shape index (κ2) is 12.8. The Bertz CT molecular complexity index is 977. The van der Waals surface area contributed by atoms with E-state index in [1.165, 1.54) is 21.6 Å². The van der Waals surface area contributed by atoms with Crippen molar-refractivity contribution in [3.05, 3.63) is 89.5 Å². The summed E-state index contributed by atoms with van der Waals surface area (Å²) in [5.74, 6) is -0.118. The minimum atomic E-state index is -2.24. The normalized spacial score (nSPS) is 11.9. The second-order valence-electron chi connectivity index (χ2n) is 8.88. The lowest BCUT2D eigenvalue weighted by molar-refractivity contribution is -0.133. The number of aryl methyl sites for hydroxylation is 3. The van der Waals surface area contributed by atoms with Gasteiger partial charge in [-0.05, 0) is 76.9 Å². The predicted molar refractivity (Wildman–Crippen MR) is 145 cm³/mol. The van der Waals surface area contributed by atoms with Crippen LogP contribution in [-0.2, 0) is 28.2 Å². The topological polar surface area (TPSA) is 26.3 Å². The van der Waals surface area contributed by atoms with Crippen LogP contribution < -0.4 is 0 Å². The van der Waals surface area contributed by atoms with Gasteiger partial charge in [-0.3, -0.25) is 4.79 Å². The summed E-state index contributed by atoms with van der Waals surface area (Å²) in [7, 11) is -2.24. The van der Waals surface area contributed by atoms with Crippen molar-refractivity contribution in [3.63, 3.8) is 0 Å². The van der Waals surface area contributed by atoms with E-state index in [0.717, 1.165) is 54.7 Å². The molecule has 0 unspecified atom stereocenters. The van der Waals surface area contributed by atoms with Gasteiger partial charge >= 0.3 is 5.97 Å². The van der Waals surface area contributed by atoms with Gasteiger partial charge in [0.25, 0.3) is 0 Å². The molecule has 0 aliphatic heterocycles. The number of hydrogen-bond donors (Lipinski definition) is 0. The zero-order valence-corrected chi connectivity index (χ0v) is 22.1. The summed E-state index contributed by atoms with van der Waals surface area (Å²) in [5, 5.41) is 0. The molecule has 0 saturated carbocycles. The molecule has 0 aliphatic rings. The van der Waals surface area contributed by atoms with Gasteiger partial charge in [0.05, 0.1) is 0 Å². The SMILES string of the molecule is CCCC(=O)OS(c1ccccc1)(c1ccccc1)c1c(CCC)cc(CCC)cc1CCC. The molecule has 0 heterocycles. The fourth-order valence-corrected chi connectivity index (χ4v) is 8.18. The van der Waals surface area contributed by atoms with Gasteiger partial charge in [0.15, 0.2) is 0 Å². The lowest BCUT2D eigenvalue weighted by Crippen LogP contribution is -2.17. The summed E-state index contributed by atoms with van der Waals surface area (Å²) in [6, 6.07) is 25.7. The number of carbonyl (C=O) groups excluding carboxylic acids is 1. The highest BCUT2D eigenvalue weighted by atomic mass is 32.3. The third-order valence-corrected chi connectivity index (χ3v) is 9.40. The zero-order valence-electron chi connectivity index (χ0n) is 21.3. The third kappa shape index (κ3) is 5.75. The van der Waals surface area contributed by atoms with Crippen LogP contribution in [0, 0.1) is 0 Å². The van der Waals surface area contributed by atoms with Crippen molar-refractivity contribution in [1.82, 2.24) is 0 Å². The van der Waals surface area contributed by atoms with Crippen LogP contribution in [0.15, 0.2) is 87.5 Å². The van der Waals surface area contributed by atoms with Crippen LogP contribution >= 0.6 is 10.3 Å². The van der Waals surface area contributed by atoms with E-state index < -0.39 is 10.3 Å². The van der Waals surface area contributed by atoms with E-state index in [-0.39, 0.29) is 5.97 Å². The quantitative estimate of drug-likeness (QED) is 0.260. The van der Waals surface area contributed by atoms with Gasteiger partial charge in [-0.2, -0.15) is 0 Å². The summed E-state index contributed by atoms with van der Waals surface area (Å²) in [4.78, 5) is 16.7. The fraction of sp³-hybridized carbons (Fsp3) is 0.387. The van der Waals surface area contributed by atoms with E-state index in [4.69, 9.17) is 4.18 Å². The lowest BCUT2D eigenvalue weighted by atomic mass is 9.97. The standard InChI is InChI=1S/C31H40O2S/c1-5-15-25-23-26(16-6-2)31(27(24-25)17-7-3)34(33-30(32)18-8-4,28-19-11-9-12-20-28)29-21-13-10-14-22-29/h9-14,19-24H,5-8,15-18H2,1-4H3. The molecule has 0 aliphatic carbocycles. The van der Waals surface area contributed by atoms with Gasteiger partial charge in [0, 0.05) is 21.1 Å². The molecule has 3 aromatic carbocycles. The average molecular weight is 477 g/mol. The summed E-state index contributed by atoms with van der Waals surface area (Å²) in [5.41, 5.74) is 4.07. The largest absolute Gasteiger partial charge is 0.402 e. The monoisotopic (exact) mass is 476 g/mol. The Hall–Kier alpha value is -2.52. The van der Waals surface area contributed by atoms with Crippen LogP contribution in [0.2, 0.25) is 0 Å². The smallest absolute Gasteiger partial charge is 0.317 e. The Morgan fingerprint density at radius 3 is 1.56 bits per heavy atom. The van der Waals surface area contributed by atoms with Crippen molar-refractivity contribution >= 4 is 16.3 Å². The summed E-state index contributed by atoms with van der Waals surface area (Å²) >= 11 is 0. The second-order valence-corrected chi connectivity index (χ2v) is 11.5. The molecule has 34 heavy (non-hydrogen) atoms. The van der Waals surface area contributed by atoms with Gasteiger partial charge in [-0.15, -0.1) is 0 Å². The molecule has 0 aromatic heterocycles. The first-order valence-electron chi connectivity index (χ1n) is 12.9. The Labute approximate surface area is 208 Å². The molecule has 0 atom stereocenters. The van der Waals surface area contributed by atoms with Crippen LogP contribution in [0.1, 0.15) is 76.5 Å². The van der Waals surface area contributed by atoms with Crippen LogP contribution in [0.5, 0.6) is 0 Å². The van der Waals surface area contributed by atoms with Crippen LogP contribution in [0.4, 0.5) is 0 Å². The third-order valence-electron chi connectivity index (χ3n) is 5.99. The van der Waals surface area contributed by atoms with Crippen molar-refractivity contribution < 1.29 is 8.98 Å². The first-order chi connectivity index (χ1) is 16.6. The van der Waals surface area contributed by atoms with Crippen LogP contribution in [0.3, 0.4) is 0 Å². The molecular formula is C31H40O2S. The highest BCUT2D eigenvalue weighted by molar-refractivity contribution is 8.30. The lowest BCUT2D eigenvalue weighted by Gasteiger charge is -2.42. The summed E-state index contributed by atoms with van der Waals surface area (Å²) in [6.45, 7) is 8.75. The van der Waals surface area contributed by atoms with Crippen molar-refractivity contribution in [2.75, 3.05) is 0 Å². The van der Waals surface area contributed by atoms with Crippen LogP contribution in [0.25, 0.3) is 0 Å². The van der Waals surface area contributed by atoms with Gasteiger partial charge in [0.2, 0.25) is 0 Å². The van der Waals surface area contributed by atoms with Crippen molar-refractivity contribution in [3.8, 4) is 0 Å². The number of carbonyl (C=O) groups is 1. The van der Waals surface area contributed by atoms with Gasteiger partial charge in [0.1, 0.15) is 0 Å². The molecule has 0 bridgehead atoms. The maximum Gasteiger partial charge on any atom is 0.317 e. The van der Waals surface area contributed by atoms with Crippen molar-refractivity contribution in [2.24, 2.45) is 0 Å². The molecule has 0 N–H and O–H groups in total. The molecule has 3 heteroatoms. The van der Waals surface area contributed by atoms with Gasteiger partial charge in [-0.1, -0.05) is 95.5 Å². The fourth-order valence-electron chi connectivity index (χ4n) is 4.66. The van der Waals surface area contributed by atoms with Gasteiger partial charge < -0.3 is 4.18 Å². The zero-order chi connectivity index (χ0) is 24.4. The Morgan fingerprint density at radius 2 is 1.15 bits per heavy atom. The summed E-state index contributed by atoms with van der Waals surface area (Å²) in [6.07, 6.45) is 7.45. The molecule has 0 fully saturated rings. The highest BCUT2D eigenvalue weighted by Crippen LogP contribution is 2.71. The Morgan fingerprint density at radius 1 is 0.676 bits per heavy atom. The summed E-state index contributed by atoms with van der Waals surface area (Å²) < 4.78 is 6.75. The van der Waals surface area contributed by atoms with Gasteiger partial charge in [-0.25, -0.2) is 0 Å². The molecule has 3 aromatic rings. The predicted octanol–water partition coefficient (Wildman–Crippen LogP) is 9.08. The first-order valence-corrected chi connectivity index (χ1v) is 14.5. The maximum atomic E-state index is 13.3. The minimum absolute atomic E-state index is 0.118. The minimum Gasteiger partial charge on any atom is -0.402 e. The molecule has 0 radical (unpaired) electrons. The molecule has 0 saturated heterocycles. The number of hydrogen-bond acceptors (Lipinski definition) is 2. The van der Waals surface area contributed by atoms with E-state index in [2.05, 4.69) is 81.4 Å². The van der Waals surface area contributed by atoms with Crippen molar-refractivity contribution in [1.29, 1.82) is 0 Å². The van der Waals surface area contributed by atoms with E-state index >= 15 is 0 Å². The maximum absolute atomic E-state index is 13.3. The highest BCUT2D eigenvalue weighted by Gasteiger charge is 2.38. The molecular weight excluding hydrogens is 436 g/mol. The van der Waals surface area contributed by atoms with Crippen molar-refractivity contribution in [2.45, 2.75) is 93.7 Å². The molecule has 3 rings (SSSR count). The van der Waals surface area contributed by atoms with E-state index in [9.17, 15) is 4.79 Å². The average Bonchev–Trinajstić information content (AvgIpc) is 2.85. The number of benzene rings is 3. The molecule has 2 nitrogen and oxygen atoms in total. The van der Waals surface area contributed by atoms with E-state index in [1.54, 1.807) is 0 Å². The molecule has 182 valence electrons. The Balaban J connectivity index is 2.45. The molecule has 0 amide bonds. The van der Waals surface area contributed by atoms with E-state index in [1.807, 2.05) is 19.1 Å². The molecule has 0 spiro atoms. The number of rotatable bonds is 12. The van der Waals surface area contributed by atoms with Crippen LogP contribution in [-0.4, -0.2) is 5.97 Å².